The van der Waals surface area contributed by atoms with Gasteiger partial charge in [0.2, 0.25) is 0 Å². The quantitative estimate of drug-likeness (QED) is 0.385. The molecule has 1 atom stereocenters. The summed E-state index contributed by atoms with van der Waals surface area (Å²) in [6.07, 6.45) is 3.29. The molecule has 0 amide bonds. The van der Waals surface area contributed by atoms with Crippen LogP contribution < -0.4 is 0 Å². The summed E-state index contributed by atoms with van der Waals surface area (Å²) in [6.45, 7) is 6.62. The lowest BCUT2D eigenvalue weighted by Gasteiger charge is -2.03. The molecular formula is C10H19BS. The zero-order valence-electron chi connectivity index (χ0n) is 8.43. The minimum Gasteiger partial charge on any atom is -0.164 e. The van der Waals surface area contributed by atoms with Crippen LogP contribution in [0.1, 0.15) is 33.6 Å². The summed E-state index contributed by atoms with van der Waals surface area (Å²) in [5.74, 6) is 7.06. The fourth-order valence-electron chi connectivity index (χ4n) is 0.878. The van der Waals surface area contributed by atoms with Gasteiger partial charge in [0.1, 0.15) is 7.28 Å². The molecule has 0 heterocycles. The highest BCUT2D eigenvalue weighted by Crippen LogP contribution is 2.07. The second-order valence-corrected chi connectivity index (χ2v) is 4.18. The molecule has 0 aliphatic rings. The van der Waals surface area contributed by atoms with Gasteiger partial charge in [-0.2, -0.15) is 12.6 Å². The van der Waals surface area contributed by atoms with Gasteiger partial charge in [0.15, 0.2) is 0 Å². The second-order valence-electron chi connectivity index (χ2n) is 3.56. The van der Waals surface area contributed by atoms with Crippen molar-refractivity contribution in [3.63, 3.8) is 0 Å². The van der Waals surface area contributed by atoms with E-state index in [4.69, 9.17) is 0 Å². The summed E-state index contributed by atoms with van der Waals surface area (Å²) in [4.78, 5) is 0. The van der Waals surface area contributed by atoms with Crippen LogP contribution in [0.15, 0.2) is 0 Å². The van der Waals surface area contributed by atoms with Crippen molar-refractivity contribution in [2.45, 2.75) is 51.0 Å². The molecule has 1 unspecified atom stereocenters. The SMILES string of the molecule is CCCC#CC(S)CBC(C)C. The van der Waals surface area contributed by atoms with Gasteiger partial charge in [-0.25, -0.2) is 0 Å². The molecule has 0 radical (unpaired) electrons. The fourth-order valence-corrected chi connectivity index (χ4v) is 1.12. The number of thiol groups is 1. The molecule has 0 spiro atoms. The third-order valence-corrected chi connectivity index (χ3v) is 2.05. The topological polar surface area (TPSA) is 0 Å². The first-order valence-corrected chi connectivity index (χ1v) is 5.35. The van der Waals surface area contributed by atoms with E-state index in [0.29, 0.717) is 5.25 Å². The van der Waals surface area contributed by atoms with Crippen LogP contribution >= 0.6 is 12.6 Å². The maximum atomic E-state index is 4.40. The average molecular weight is 182 g/mol. The molecule has 0 fully saturated rings. The Morgan fingerprint density at radius 3 is 2.58 bits per heavy atom. The maximum Gasteiger partial charge on any atom is 0.125 e. The first-order valence-electron chi connectivity index (χ1n) is 4.83. The summed E-state index contributed by atoms with van der Waals surface area (Å²) in [7, 11) is 1.23. The van der Waals surface area contributed by atoms with Gasteiger partial charge in [-0.3, -0.25) is 0 Å². The van der Waals surface area contributed by atoms with E-state index >= 15 is 0 Å². The van der Waals surface area contributed by atoms with E-state index < -0.39 is 0 Å². The van der Waals surface area contributed by atoms with E-state index in [-0.39, 0.29) is 0 Å². The zero-order chi connectivity index (χ0) is 9.40. The van der Waals surface area contributed by atoms with E-state index in [2.05, 4.69) is 45.2 Å². The lowest BCUT2D eigenvalue weighted by Crippen LogP contribution is -2.03. The van der Waals surface area contributed by atoms with Gasteiger partial charge in [-0.15, -0.1) is 5.92 Å². The minimum absolute atomic E-state index is 0.291. The third-order valence-electron chi connectivity index (χ3n) is 1.66. The van der Waals surface area contributed by atoms with Crippen LogP contribution in [0.3, 0.4) is 0 Å². The molecule has 0 saturated carbocycles. The average Bonchev–Trinajstić information content (AvgIpc) is 2.01. The highest BCUT2D eigenvalue weighted by molar-refractivity contribution is 7.81. The summed E-state index contributed by atoms with van der Waals surface area (Å²) in [5, 5.41) is 0.291. The Morgan fingerprint density at radius 1 is 1.42 bits per heavy atom. The first-order chi connectivity index (χ1) is 5.66. The lowest BCUT2D eigenvalue weighted by molar-refractivity contribution is 0.981. The molecule has 0 aromatic rings. The van der Waals surface area contributed by atoms with Crippen molar-refractivity contribution in [2.24, 2.45) is 0 Å². The van der Waals surface area contributed by atoms with E-state index in [9.17, 15) is 0 Å². The van der Waals surface area contributed by atoms with Gasteiger partial charge >= 0.3 is 0 Å². The van der Waals surface area contributed by atoms with Crippen LogP contribution in [-0.4, -0.2) is 12.5 Å². The van der Waals surface area contributed by atoms with Crippen LogP contribution in [0.4, 0.5) is 0 Å². The van der Waals surface area contributed by atoms with Crippen molar-refractivity contribution in [1.29, 1.82) is 0 Å². The molecular weight excluding hydrogens is 163 g/mol. The maximum absolute atomic E-state index is 4.40. The van der Waals surface area contributed by atoms with Crippen molar-refractivity contribution >= 4 is 19.9 Å². The van der Waals surface area contributed by atoms with Gasteiger partial charge in [0, 0.05) is 6.42 Å². The monoisotopic (exact) mass is 182 g/mol. The standard InChI is InChI=1S/C10H19BS/c1-4-5-6-7-10(12)8-11-9(2)3/h9-12H,4-5,8H2,1-3H3. The molecule has 0 nitrogen and oxygen atoms in total. The summed E-state index contributed by atoms with van der Waals surface area (Å²) < 4.78 is 0. The summed E-state index contributed by atoms with van der Waals surface area (Å²) >= 11 is 4.40. The highest BCUT2D eigenvalue weighted by Gasteiger charge is 2.01. The minimum atomic E-state index is 0.291. The molecule has 68 valence electrons. The number of hydrogen-bond donors (Lipinski definition) is 1. The predicted octanol–water partition coefficient (Wildman–Crippen LogP) is 2.77. The zero-order valence-corrected chi connectivity index (χ0v) is 9.32. The van der Waals surface area contributed by atoms with Gasteiger partial charge in [-0.1, -0.05) is 38.8 Å². The Balaban J connectivity index is 3.47. The van der Waals surface area contributed by atoms with Gasteiger partial charge < -0.3 is 0 Å². The van der Waals surface area contributed by atoms with Crippen LogP contribution in [0.25, 0.3) is 0 Å². The molecule has 0 bridgehead atoms. The van der Waals surface area contributed by atoms with Crippen molar-refractivity contribution in [2.75, 3.05) is 0 Å². The highest BCUT2D eigenvalue weighted by atomic mass is 32.1. The van der Waals surface area contributed by atoms with E-state index in [1.165, 1.54) is 7.28 Å². The smallest absolute Gasteiger partial charge is 0.125 e. The molecule has 2 heteroatoms. The van der Waals surface area contributed by atoms with E-state index in [0.717, 1.165) is 25.0 Å². The van der Waals surface area contributed by atoms with Crippen LogP contribution in [0.5, 0.6) is 0 Å². The van der Waals surface area contributed by atoms with E-state index in [1.807, 2.05) is 0 Å². The Kier molecular flexibility index (Phi) is 7.60. The van der Waals surface area contributed by atoms with Crippen molar-refractivity contribution < 1.29 is 0 Å². The molecule has 0 aliphatic carbocycles. The number of unbranched alkanes of at least 4 members (excludes halogenated alkanes) is 1. The Labute approximate surface area is 83.2 Å². The fraction of sp³-hybridized carbons (Fsp3) is 0.800. The molecule has 0 aromatic carbocycles. The second kappa shape index (κ2) is 7.62. The lowest BCUT2D eigenvalue weighted by atomic mass is 9.63. The Bertz CT molecular complexity index is 155. The molecule has 0 aromatic heterocycles. The van der Waals surface area contributed by atoms with Gasteiger partial charge in [-0.05, 0) is 6.42 Å². The van der Waals surface area contributed by atoms with E-state index in [1.54, 1.807) is 0 Å². The molecule has 0 N–H and O–H groups in total. The molecule has 0 aliphatic heterocycles. The predicted molar refractivity (Wildman–Crippen MR) is 62.5 cm³/mol. The number of rotatable bonds is 4. The third kappa shape index (κ3) is 8.08. The van der Waals surface area contributed by atoms with Crippen LogP contribution in [0.2, 0.25) is 12.1 Å². The van der Waals surface area contributed by atoms with Crippen LogP contribution in [-0.2, 0) is 0 Å². The molecule has 12 heavy (non-hydrogen) atoms. The van der Waals surface area contributed by atoms with Crippen molar-refractivity contribution in [3.05, 3.63) is 0 Å². The van der Waals surface area contributed by atoms with Crippen molar-refractivity contribution in [1.82, 2.24) is 0 Å². The molecule has 0 saturated heterocycles. The molecule has 0 rings (SSSR count). The summed E-state index contributed by atoms with van der Waals surface area (Å²) in [5.41, 5.74) is 0. The number of hydrogen-bond acceptors (Lipinski definition) is 1. The van der Waals surface area contributed by atoms with Gasteiger partial charge in [0.25, 0.3) is 0 Å². The Morgan fingerprint density at radius 2 is 2.08 bits per heavy atom. The van der Waals surface area contributed by atoms with Gasteiger partial charge in [0.05, 0.1) is 5.25 Å². The van der Waals surface area contributed by atoms with Crippen molar-refractivity contribution in [3.8, 4) is 11.8 Å². The van der Waals surface area contributed by atoms with Crippen LogP contribution in [0, 0.1) is 11.8 Å². The largest absolute Gasteiger partial charge is 0.164 e. The summed E-state index contributed by atoms with van der Waals surface area (Å²) in [6, 6.07) is 0. The first kappa shape index (κ1) is 12.0. The Hall–Kier alpha value is -0.0251. The normalized spacial score (nSPS) is 12.1.